The fraction of sp³-hybridized carbons (Fsp3) is 0.148. The van der Waals surface area contributed by atoms with Crippen LogP contribution in [0.4, 0.5) is 0 Å². The van der Waals surface area contributed by atoms with Crippen molar-refractivity contribution < 1.29 is 14.6 Å². The van der Waals surface area contributed by atoms with E-state index in [4.69, 9.17) is 4.74 Å². The number of aliphatic carboxylic acids is 1. The number of hydrogen-bond donors (Lipinski definition) is 1. The first-order valence-corrected chi connectivity index (χ1v) is 11.3. The third kappa shape index (κ3) is 4.94. The van der Waals surface area contributed by atoms with Crippen molar-refractivity contribution in [1.82, 2.24) is 4.57 Å². The zero-order chi connectivity index (χ0) is 22.5. The lowest BCUT2D eigenvalue weighted by Gasteiger charge is -2.16. The van der Waals surface area contributed by atoms with Gasteiger partial charge >= 0.3 is 5.97 Å². The summed E-state index contributed by atoms with van der Waals surface area (Å²) in [5, 5.41) is 9.61. The zero-order valence-electron chi connectivity index (χ0n) is 17.7. The monoisotopic (exact) mass is 489 g/mol. The number of ether oxygens (including phenoxy) is 1. The Morgan fingerprint density at radius 2 is 1.62 bits per heavy atom. The van der Waals surface area contributed by atoms with Crippen molar-refractivity contribution in [2.24, 2.45) is 0 Å². The van der Waals surface area contributed by atoms with Crippen LogP contribution in [0.3, 0.4) is 0 Å². The predicted molar refractivity (Wildman–Crippen MR) is 130 cm³/mol. The Morgan fingerprint density at radius 1 is 0.938 bits per heavy atom. The van der Waals surface area contributed by atoms with Crippen molar-refractivity contribution >= 4 is 21.9 Å². The van der Waals surface area contributed by atoms with E-state index in [0.29, 0.717) is 12.2 Å². The minimum Gasteiger partial charge on any atom is -0.478 e. The first-order chi connectivity index (χ1) is 15.5. The van der Waals surface area contributed by atoms with Crippen LogP contribution in [-0.2, 0) is 17.6 Å². The molecule has 0 amide bonds. The van der Waals surface area contributed by atoms with E-state index in [1.807, 2.05) is 66.7 Å². The second-order valence-electron chi connectivity index (χ2n) is 7.53. The molecule has 4 rings (SSSR count). The van der Waals surface area contributed by atoms with Gasteiger partial charge in [0.05, 0.1) is 5.69 Å². The van der Waals surface area contributed by atoms with Crippen LogP contribution in [-0.4, -0.2) is 21.7 Å². The van der Waals surface area contributed by atoms with E-state index in [9.17, 15) is 9.90 Å². The van der Waals surface area contributed by atoms with Gasteiger partial charge in [-0.05, 0) is 78.2 Å². The molecule has 0 aliphatic carbocycles. The Morgan fingerprint density at radius 3 is 2.25 bits per heavy atom. The highest BCUT2D eigenvalue weighted by molar-refractivity contribution is 9.10. The normalized spacial score (nSPS) is 11.8. The number of carboxylic acids is 1. The van der Waals surface area contributed by atoms with Crippen molar-refractivity contribution in [1.29, 1.82) is 0 Å². The van der Waals surface area contributed by atoms with Crippen LogP contribution in [0.25, 0.3) is 16.9 Å². The molecule has 0 radical (unpaired) electrons. The molecule has 162 valence electrons. The first-order valence-electron chi connectivity index (χ1n) is 10.6. The van der Waals surface area contributed by atoms with Gasteiger partial charge in [0.2, 0.25) is 0 Å². The van der Waals surface area contributed by atoms with Gasteiger partial charge in [0, 0.05) is 22.3 Å². The fourth-order valence-corrected chi connectivity index (χ4v) is 4.02. The molecule has 0 aliphatic rings. The molecule has 1 aromatic heterocycles. The second kappa shape index (κ2) is 9.88. The summed E-state index contributed by atoms with van der Waals surface area (Å²) < 4.78 is 9.10. The van der Waals surface area contributed by atoms with Crippen LogP contribution in [0, 0.1) is 0 Å². The van der Waals surface area contributed by atoms with Gasteiger partial charge < -0.3 is 14.4 Å². The molecule has 0 saturated carbocycles. The Hall–Kier alpha value is -3.31. The summed E-state index contributed by atoms with van der Waals surface area (Å²) in [6.45, 7) is 2.14. The molecule has 0 bridgehead atoms. The van der Waals surface area contributed by atoms with Gasteiger partial charge in [0.15, 0.2) is 6.10 Å². The van der Waals surface area contributed by atoms with Gasteiger partial charge in [-0.15, -0.1) is 0 Å². The molecule has 1 heterocycles. The third-order valence-electron chi connectivity index (χ3n) is 5.38. The third-order valence-corrected chi connectivity index (χ3v) is 5.91. The highest BCUT2D eigenvalue weighted by atomic mass is 79.9. The molecule has 3 aromatic carbocycles. The van der Waals surface area contributed by atoms with Crippen LogP contribution >= 0.6 is 15.9 Å². The lowest BCUT2D eigenvalue weighted by Crippen LogP contribution is -2.29. The molecule has 1 atom stereocenters. The van der Waals surface area contributed by atoms with Crippen LogP contribution in [0.1, 0.15) is 18.2 Å². The summed E-state index contributed by atoms with van der Waals surface area (Å²) in [5.41, 5.74) is 5.36. The smallest absolute Gasteiger partial charge is 0.345 e. The number of nitrogens with zero attached hydrogens (tertiary/aromatic N) is 1. The molecule has 0 aliphatic heterocycles. The van der Waals surface area contributed by atoms with E-state index in [1.165, 1.54) is 5.69 Å². The molecular formula is C27H24BrNO3. The molecule has 0 unspecified atom stereocenters. The molecule has 1 N–H and O–H groups in total. The number of carbonyl (C=O) groups is 1. The summed E-state index contributed by atoms with van der Waals surface area (Å²) in [4.78, 5) is 11.7. The van der Waals surface area contributed by atoms with Gasteiger partial charge in [-0.1, -0.05) is 53.2 Å². The SMILES string of the molecule is CCc1ccc(-c2ccc(O[C@H](Cc3ccccc3)C(=O)O)cc2)n1-c1ccc(Br)cc1. The number of benzene rings is 3. The van der Waals surface area contributed by atoms with E-state index in [1.54, 1.807) is 0 Å². The summed E-state index contributed by atoms with van der Waals surface area (Å²) >= 11 is 3.50. The minimum absolute atomic E-state index is 0.310. The topological polar surface area (TPSA) is 51.5 Å². The van der Waals surface area contributed by atoms with Gasteiger partial charge in [-0.3, -0.25) is 0 Å². The van der Waals surface area contributed by atoms with Crippen molar-refractivity contribution in [2.75, 3.05) is 0 Å². The standard InChI is InChI=1S/C27H24BrNO3/c1-2-22-14-17-25(29(22)23-12-10-21(28)11-13-23)20-8-15-24(16-9-20)32-26(27(30)31)18-19-6-4-3-5-7-19/h3-17,26H,2,18H2,1H3,(H,30,31)/t26-/m1/s1. The van der Waals surface area contributed by atoms with E-state index < -0.39 is 12.1 Å². The van der Waals surface area contributed by atoms with E-state index in [-0.39, 0.29) is 0 Å². The number of aryl methyl sites for hydroxylation is 1. The Bertz CT molecular complexity index is 1180. The molecule has 32 heavy (non-hydrogen) atoms. The van der Waals surface area contributed by atoms with Crippen LogP contribution in [0.5, 0.6) is 5.75 Å². The molecule has 0 saturated heterocycles. The predicted octanol–water partition coefficient (Wildman–Crippen LogP) is 6.54. The minimum atomic E-state index is -0.977. The average molecular weight is 490 g/mol. The molecule has 0 spiro atoms. The average Bonchev–Trinajstić information content (AvgIpc) is 3.24. The molecule has 4 aromatic rings. The van der Waals surface area contributed by atoms with E-state index in [2.05, 4.69) is 51.7 Å². The summed E-state index contributed by atoms with van der Waals surface area (Å²) in [7, 11) is 0. The maximum absolute atomic E-state index is 11.7. The summed E-state index contributed by atoms with van der Waals surface area (Å²) in [5.74, 6) is -0.441. The summed E-state index contributed by atoms with van der Waals surface area (Å²) in [6, 6.07) is 29.6. The fourth-order valence-electron chi connectivity index (χ4n) is 3.75. The number of aromatic nitrogens is 1. The van der Waals surface area contributed by atoms with Crippen molar-refractivity contribution in [3.63, 3.8) is 0 Å². The quantitative estimate of drug-likeness (QED) is 0.305. The van der Waals surface area contributed by atoms with Crippen LogP contribution in [0.15, 0.2) is 95.5 Å². The van der Waals surface area contributed by atoms with Gasteiger partial charge in [0.25, 0.3) is 0 Å². The highest BCUT2D eigenvalue weighted by Gasteiger charge is 2.20. The number of carboxylic acid groups (broad SMARTS) is 1. The highest BCUT2D eigenvalue weighted by Crippen LogP contribution is 2.29. The maximum atomic E-state index is 11.7. The lowest BCUT2D eigenvalue weighted by molar-refractivity contribution is -0.145. The Labute approximate surface area is 196 Å². The Kier molecular flexibility index (Phi) is 6.76. The number of hydrogen-bond acceptors (Lipinski definition) is 2. The maximum Gasteiger partial charge on any atom is 0.345 e. The number of rotatable bonds is 8. The molecule has 5 heteroatoms. The molecular weight excluding hydrogens is 466 g/mol. The Balaban J connectivity index is 1.58. The first kappa shape index (κ1) is 21.9. The number of halogens is 1. The largest absolute Gasteiger partial charge is 0.478 e. The van der Waals surface area contributed by atoms with Crippen LogP contribution in [0.2, 0.25) is 0 Å². The van der Waals surface area contributed by atoms with Gasteiger partial charge in [0.1, 0.15) is 5.75 Å². The van der Waals surface area contributed by atoms with E-state index in [0.717, 1.165) is 33.4 Å². The van der Waals surface area contributed by atoms with Crippen molar-refractivity contribution in [2.45, 2.75) is 25.9 Å². The van der Waals surface area contributed by atoms with Crippen molar-refractivity contribution in [3.8, 4) is 22.7 Å². The van der Waals surface area contributed by atoms with Crippen molar-refractivity contribution in [3.05, 3.63) is 107 Å². The second-order valence-corrected chi connectivity index (χ2v) is 8.45. The molecule has 4 nitrogen and oxygen atoms in total. The van der Waals surface area contributed by atoms with Gasteiger partial charge in [-0.25, -0.2) is 4.79 Å². The van der Waals surface area contributed by atoms with Gasteiger partial charge in [-0.2, -0.15) is 0 Å². The zero-order valence-corrected chi connectivity index (χ0v) is 19.3. The molecule has 0 fully saturated rings. The lowest BCUT2D eigenvalue weighted by atomic mass is 10.1. The summed E-state index contributed by atoms with van der Waals surface area (Å²) in [6.07, 6.45) is 0.280. The van der Waals surface area contributed by atoms with E-state index >= 15 is 0 Å². The van der Waals surface area contributed by atoms with Crippen LogP contribution < -0.4 is 4.74 Å².